The van der Waals surface area contributed by atoms with Gasteiger partial charge in [-0.1, -0.05) is 24.6 Å². The van der Waals surface area contributed by atoms with Gasteiger partial charge in [0.1, 0.15) is 17.2 Å². The Kier molecular flexibility index (Phi) is 6.13. The van der Waals surface area contributed by atoms with Gasteiger partial charge in [0, 0.05) is 5.56 Å². The van der Waals surface area contributed by atoms with Crippen LogP contribution >= 0.6 is 0 Å². The number of hydrogen-bond donors (Lipinski definition) is 1. The molecule has 0 aliphatic heterocycles. The number of allylic oxidation sites excluding steroid dienone is 1. The monoisotopic (exact) mass is 327 g/mol. The van der Waals surface area contributed by atoms with Crippen molar-refractivity contribution in [2.45, 2.75) is 19.8 Å². The van der Waals surface area contributed by atoms with Crippen LogP contribution in [0.25, 0.3) is 6.08 Å². The fourth-order valence-electron chi connectivity index (χ4n) is 2.61. The van der Waals surface area contributed by atoms with Crippen molar-refractivity contribution in [2.75, 3.05) is 27.1 Å². The maximum atomic E-state index is 6.00. The third-order valence-electron chi connectivity index (χ3n) is 3.98. The number of nitrogens with two attached hydrogens (primary N) is 1. The van der Waals surface area contributed by atoms with Gasteiger partial charge in [0.25, 0.3) is 0 Å². The summed E-state index contributed by atoms with van der Waals surface area (Å²) in [6.07, 6.45) is 3.92. The Balaban J connectivity index is 2.31. The minimum Gasteiger partial charge on any atom is -0.497 e. The number of anilines is 1. The maximum absolute atomic E-state index is 6.00. The smallest absolute Gasteiger partial charge is 0.141 e. The molecule has 0 heterocycles. The van der Waals surface area contributed by atoms with E-state index in [0.29, 0.717) is 11.4 Å². The summed E-state index contributed by atoms with van der Waals surface area (Å²) in [6, 6.07) is 11.7. The van der Waals surface area contributed by atoms with Crippen LogP contribution in [0.4, 0.5) is 5.69 Å². The van der Waals surface area contributed by atoms with E-state index in [1.807, 2.05) is 36.4 Å². The molecule has 0 unspecified atom stereocenters. The Morgan fingerprint density at radius 1 is 0.958 bits per heavy atom. The normalized spacial score (nSPS) is 11.2. The zero-order valence-corrected chi connectivity index (χ0v) is 14.8. The summed E-state index contributed by atoms with van der Waals surface area (Å²) in [5.41, 5.74) is 10.1. The molecule has 4 nitrogen and oxygen atoms in total. The van der Waals surface area contributed by atoms with Crippen LogP contribution in [0.15, 0.2) is 42.0 Å². The Morgan fingerprint density at radius 3 is 2.25 bits per heavy atom. The van der Waals surface area contributed by atoms with Crippen molar-refractivity contribution in [2.24, 2.45) is 0 Å². The molecule has 0 saturated heterocycles. The van der Waals surface area contributed by atoms with Crippen molar-refractivity contribution in [3.05, 3.63) is 53.1 Å². The Morgan fingerprint density at radius 2 is 1.67 bits per heavy atom. The minimum atomic E-state index is 0.657. The van der Waals surface area contributed by atoms with Crippen LogP contribution in [-0.2, 0) is 6.42 Å². The molecule has 0 aromatic heterocycles. The first kappa shape index (κ1) is 17.7. The molecular weight excluding hydrogens is 302 g/mol. The summed E-state index contributed by atoms with van der Waals surface area (Å²) in [7, 11) is 4.96. The van der Waals surface area contributed by atoms with E-state index in [-0.39, 0.29) is 0 Å². The quantitative estimate of drug-likeness (QED) is 0.769. The van der Waals surface area contributed by atoms with E-state index in [9.17, 15) is 0 Å². The van der Waals surface area contributed by atoms with Gasteiger partial charge in [-0.15, -0.1) is 0 Å². The molecule has 0 saturated carbocycles. The highest BCUT2D eigenvalue weighted by Crippen LogP contribution is 2.28. The van der Waals surface area contributed by atoms with E-state index in [0.717, 1.165) is 35.5 Å². The highest BCUT2D eigenvalue weighted by Gasteiger charge is 2.07. The van der Waals surface area contributed by atoms with Gasteiger partial charge in [-0.25, -0.2) is 0 Å². The molecule has 2 aromatic rings. The second-order valence-electron chi connectivity index (χ2n) is 5.52. The minimum absolute atomic E-state index is 0.657. The molecule has 0 amide bonds. The zero-order chi connectivity index (χ0) is 17.5. The number of methoxy groups -OCH3 is 3. The van der Waals surface area contributed by atoms with Gasteiger partial charge < -0.3 is 19.9 Å². The summed E-state index contributed by atoms with van der Waals surface area (Å²) < 4.78 is 16.0. The predicted molar refractivity (Wildman–Crippen MR) is 98.9 cm³/mol. The van der Waals surface area contributed by atoms with Crippen LogP contribution in [0.3, 0.4) is 0 Å². The van der Waals surface area contributed by atoms with Gasteiger partial charge in [-0.2, -0.15) is 0 Å². The average Bonchev–Trinajstić information content (AvgIpc) is 2.61. The lowest BCUT2D eigenvalue weighted by molar-refractivity contribution is 0.402. The van der Waals surface area contributed by atoms with Gasteiger partial charge in [-0.05, 0) is 48.7 Å². The first-order chi connectivity index (χ1) is 11.6. The summed E-state index contributed by atoms with van der Waals surface area (Å²) >= 11 is 0. The average molecular weight is 327 g/mol. The van der Waals surface area contributed by atoms with Crippen molar-refractivity contribution in [3.63, 3.8) is 0 Å². The second-order valence-corrected chi connectivity index (χ2v) is 5.52. The largest absolute Gasteiger partial charge is 0.497 e. The lowest BCUT2D eigenvalue weighted by atomic mass is 9.99. The van der Waals surface area contributed by atoms with Gasteiger partial charge >= 0.3 is 0 Å². The summed E-state index contributed by atoms with van der Waals surface area (Å²) in [5, 5.41) is 0. The molecule has 2 aromatic carbocycles. The van der Waals surface area contributed by atoms with Crippen molar-refractivity contribution >= 4 is 11.8 Å². The fraction of sp³-hybridized carbons (Fsp3) is 0.300. The number of rotatable bonds is 7. The molecule has 0 atom stereocenters. The Labute approximate surface area is 143 Å². The molecule has 0 bridgehead atoms. The summed E-state index contributed by atoms with van der Waals surface area (Å²) in [4.78, 5) is 0. The lowest BCUT2D eigenvalue weighted by Gasteiger charge is -2.11. The Hall–Kier alpha value is -2.62. The SMILES string of the molecule is CC/C(=C\c1cc(OC)ccc1OC)Cc1ccc(OC)c(N)c1. The first-order valence-corrected chi connectivity index (χ1v) is 7.95. The number of nitrogen functional groups attached to an aromatic ring is 1. The van der Waals surface area contributed by atoms with Crippen LogP contribution in [-0.4, -0.2) is 21.3 Å². The van der Waals surface area contributed by atoms with Gasteiger partial charge in [0.15, 0.2) is 0 Å². The van der Waals surface area contributed by atoms with E-state index in [4.69, 9.17) is 19.9 Å². The van der Waals surface area contributed by atoms with E-state index in [1.165, 1.54) is 5.57 Å². The van der Waals surface area contributed by atoms with Crippen LogP contribution in [0.5, 0.6) is 17.2 Å². The van der Waals surface area contributed by atoms with Gasteiger partial charge in [-0.3, -0.25) is 0 Å². The summed E-state index contributed by atoms with van der Waals surface area (Å²) in [5.74, 6) is 2.34. The molecule has 0 aliphatic carbocycles. The predicted octanol–water partition coefficient (Wildman–Crippen LogP) is 4.33. The highest BCUT2D eigenvalue weighted by atomic mass is 16.5. The van der Waals surface area contributed by atoms with Crippen LogP contribution in [0.2, 0.25) is 0 Å². The van der Waals surface area contributed by atoms with Gasteiger partial charge in [0.05, 0.1) is 27.0 Å². The van der Waals surface area contributed by atoms with Crippen LogP contribution in [0, 0.1) is 0 Å². The molecule has 0 radical (unpaired) electrons. The molecule has 2 N–H and O–H groups in total. The van der Waals surface area contributed by atoms with Gasteiger partial charge in [0.2, 0.25) is 0 Å². The van der Waals surface area contributed by atoms with Crippen LogP contribution in [0.1, 0.15) is 24.5 Å². The third-order valence-corrected chi connectivity index (χ3v) is 3.98. The number of ether oxygens (including phenoxy) is 3. The lowest BCUT2D eigenvalue weighted by Crippen LogP contribution is -1.96. The summed E-state index contributed by atoms with van der Waals surface area (Å²) in [6.45, 7) is 2.14. The van der Waals surface area contributed by atoms with E-state index in [2.05, 4.69) is 13.0 Å². The molecule has 2 rings (SSSR count). The molecule has 24 heavy (non-hydrogen) atoms. The molecule has 0 fully saturated rings. The molecule has 0 aliphatic rings. The number of benzene rings is 2. The molecular formula is C20H25NO3. The highest BCUT2D eigenvalue weighted by molar-refractivity contribution is 5.63. The van der Waals surface area contributed by atoms with E-state index < -0.39 is 0 Å². The third kappa shape index (κ3) is 4.22. The van der Waals surface area contributed by atoms with Crippen molar-refractivity contribution in [3.8, 4) is 17.2 Å². The topological polar surface area (TPSA) is 53.7 Å². The molecule has 4 heteroatoms. The number of hydrogen-bond acceptors (Lipinski definition) is 4. The zero-order valence-electron chi connectivity index (χ0n) is 14.8. The first-order valence-electron chi connectivity index (χ1n) is 7.95. The van der Waals surface area contributed by atoms with E-state index >= 15 is 0 Å². The fourth-order valence-corrected chi connectivity index (χ4v) is 2.61. The van der Waals surface area contributed by atoms with Crippen molar-refractivity contribution < 1.29 is 14.2 Å². The van der Waals surface area contributed by atoms with Crippen LogP contribution < -0.4 is 19.9 Å². The maximum Gasteiger partial charge on any atom is 0.141 e. The molecule has 0 spiro atoms. The Bertz CT molecular complexity index is 723. The van der Waals surface area contributed by atoms with E-state index in [1.54, 1.807) is 21.3 Å². The van der Waals surface area contributed by atoms with Crippen molar-refractivity contribution in [1.82, 2.24) is 0 Å². The molecule has 128 valence electrons. The standard InChI is InChI=1S/C20H25NO3/c1-5-14(10-15-6-8-20(24-4)18(21)12-15)11-16-13-17(22-2)7-9-19(16)23-3/h6-9,11-13H,5,10,21H2,1-4H3/b14-11+. The second kappa shape index (κ2) is 8.29. The van der Waals surface area contributed by atoms with Crippen molar-refractivity contribution in [1.29, 1.82) is 0 Å².